The summed E-state index contributed by atoms with van der Waals surface area (Å²) in [6.45, 7) is 2.02. The molecule has 0 aliphatic heterocycles. The Labute approximate surface area is 114 Å². The van der Waals surface area contributed by atoms with Gasteiger partial charge < -0.3 is 5.73 Å². The van der Waals surface area contributed by atoms with E-state index in [1.165, 1.54) is 0 Å². The number of anilines is 1. The number of benzene rings is 1. The number of nitrogens with zero attached hydrogens (tertiary/aromatic N) is 3. The highest BCUT2D eigenvalue weighted by Crippen LogP contribution is 2.29. The molecule has 0 bridgehead atoms. The van der Waals surface area contributed by atoms with E-state index in [2.05, 4.69) is 16.0 Å². The summed E-state index contributed by atoms with van der Waals surface area (Å²) in [5, 5.41) is 9.82. The lowest BCUT2D eigenvalue weighted by Gasteiger charge is -2.02. The maximum absolute atomic E-state index is 8.93. The lowest BCUT2D eigenvalue weighted by atomic mass is 10.1. The summed E-state index contributed by atoms with van der Waals surface area (Å²) < 4.78 is 0. The molecule has 0 unspecified atom stereocenters. The first-order chi connectivity index (χ1) is 9.17. The van der Waals surface area contributed by atoms with Gasteiger partial charge in [0.1, 0.15) is 10.6 Å². The number of rotatable bonds is 1. The standard InChI is InChI=1S/C14H10N4S/c1-8-5-11-12(16)17-13(18-14(11)19-8)10-4-2-3-9(6-10)7-15/h2-6H,1H3,(H2,16,17,18). The fraction of sp³-hybridized carbons (Fsp3) is 0.0714. The van der Waals surface area contributed by atoms with Crippen LogP contribution in [0.25, 0.3) is 21.6 Å². The summed E-state index contributed by atoms with van der Waals surface area (Å²) in [7, 11) is 0. The molecule has 3 aromatic rings. The van der Waals surface area contributed by atoms with Crippen molar-refractivity contribution in [3.05, 3.63) is 40.8 Å². The zero-order valence-electron chi connectivity index (χ0n) is 10.2. The highest BCUT2D eigenvalue weighted by molar-refractivity contribution is 7.18. The van der Waals surface area contributed by atoms with Gasteiger partial charge in [-0.1, -0.05) is 12.1 Å². The van der Waals surface area contributed by atoms with Crippen LogP contribution in [0.15, 0.2) is 30.3 Å². The molecule has 5 heteroatoms. The van der Waals surface area contributed by atoms with Crippen LogP contribution in [0.2, 0.25) is 0 Å². The van der Waals surface area contributed by atoms with Crippen LogP contribution < -0.4 is 5.73 Å². The molecule has 0 fully saturated rings. The van der Waals surface area contributed by atoms with Gasteiger partial charge in [-0.05, 0) is 25.1 Å². The molecule has 0 saturated carbocycles. The summed E-state index contributed by atoms with van der Waals surface area (Å²) in [4.78, 5) is 10.9. The Kier molecular flexibility index (Phi) is 2.65. The summed E-state index contributed by atoms with van der Waals surface area (Å²) in [5.74, 6) is 1.04. The van der Waals surface area contributed by atoms with E-state index < -0.39 is 0 Å². The number of hydrogen-bond donors (Lipinski definition) is 1. The first kappa shape index (κ1) is 11.6. The van der Waals surface area contributed by atoms with Gasteiger partial charge in [0.25, 0.3) is 0 Å². The molecule has 2 heterocycles. The predicted octanol–water partition coefficient (Wildman–Crippen LogP) is 3.12. The van der Waals surface area contributed by atoms with Crippen molar-refractivity contribution in [1.29, 1.82) is 5.26 Å². The molecule has 2 N–H and O–H groups in total. The van der Waals surface area contributed by atoms with E-state index >= 15 is 0 Å². The van der Waals surface area contributed by atoms with Gasteiger partial charge in [-0.2, -0.15) is 5.26 Å². The Balaban J connectivity index is 2.22. The lowest BCUT2D eigenvalue weighted by molar-refractivity contribution is 1.24. The Morgan fingerprint density at radius 3 is 2.89 bits per heavy atom. The fourth-order valence-corrected chi connectivity index (χ4v) is 2.81. The van der Waals surface area contributed by atoms with Crippen LogP contribution in [0, 0.1) is 18.3 Å². The van der Waals surface area contributed by atoms with Gasteiger partial charge in [-0.15, -0.1) is 11.3 Å². The summed E-state index contributed by atoms with van der Waals surface area (Å²) in [5.41, 5.74) is 7.36. The number of aryl methyl sites for hydroxylation is 1. The van der Waals surface area contributed by atoms with Gasteiger partial charge in [0.2, 0.25) is 0 Å². The molecule has 4 nitrogen and oxygen atoms in total. The number of nitrogen functional groups attached to an aromatic ring is 1. The van der Waals surface area contributed by atoms with Crippen molar-refractivity contribution >= 4 is 27.4 Å². The molecule has 19 heavy (non-hydrogen) atoms. The maximum atomic E-state index is 8.93. The Morgan fingerprint density at radius 2 is 2.11 bits per heavy atom. The van der Waals surface area contributed by atoms with Gasteiger partial charge in [0.15, 0.2) is 5.82 Å². The van der Waals surface area contributed by atoms with Crippen molar-refractivity contribution in [1.82, 2.24) is 9.97 Å². The number of fused-ring (bicyclic) bond motifs is 1. The van der Waals surface area contributed by atoms with Crippen molar-refractivity contribution in [2.24, 2.45) is 0 Å². The quantitative estimate of drug-likeness (QED) is 0.734. The third kappa shape index (κ3) is 2.02. The SMILES string of the molecule is Cc1cc2c(N)nc(-c3cccc(C#N)c3)nc2s1. The van der Waals surface area contributed by atoms with E-state index in [4.69, 9.17) is 11.0 Å². The zero-order valence-corrected chi connectivity index (χ0v) is 11.0. The van der Waals surface area contributed by atoms with Gasteiger partial charge >= 0.3 is 0 Å². The van der Waals surface area contributed by atoms with Crippen molar-refractivity contribution in [2.75, 3.05) is 5.73 Å². The van der Waals surface area contributed by atoms with Crippen LogP contribution in [0.1, 0.15) is 10.4 Å². The number of nitriles is 1. The predicted molar refractivity (Wildman–Crippen MR) is 76.7 cm³/mol. The molecule has 0 saturated heterocycles. The maximum Gasteiger partial charge on any atom is 0.163 e. The minimum Gasteiger partial charge on any atom is -0.383 e. The summed E-state index contributed by atoms with van der Waals surface area (Å²) >= 11 is 1.59. The number of thiophene rings is 1. The van der Waals surface area contributed by atoms with Crippen LogP contribution >= 0.6 is 11.3 Å². The van der Waals surface area contributed by atoms with E-state index in [0.29, 0.717) is 17.2 Å². The van der Waals surface area contributed by atoms with E-state index in [0.717, 1.165) is 20.7 Å². The van der Waals surface area contributed by atoms with Crippen LogP contribution in [-0.4, -0.2) is 9.97 Å². The Morgan fingerprint density at radius 1 is 1.26 bits per heavy atom. The first-order valence-corrected chi connectivity index (χ1v) is 6.53. The third-order valence-electron chi connectivity index (χ3n) is 2.80. The average molecular weight is 266 g/mol. The lowest BCUT2D eigenvalue weighted by Crippen LogP contribution is -1.96. The second-order valence-electron chi connectivity index (χ2n) is 4.20. The minimum atomic E-state index is 0.478. The summed E-state index contributed by atoms with van der Waals surface area (Å²) in [6.07, 6.45) is 0. The molecular weight excluding hydrogens is 256 g/mol. The molecule has 0 atom stereocenters. The molecule has 2 aromatic heterocycles. The molecule has 1 aromatic carbocycles. The summed E-state index contributed by atoms with van der Waals surface area (Å²) in [6, 6.07) is 11.3. The zero-order chi connectivity index (χ0) is 13.4. The van der Waals surface area contributed by atoms with E-state index in [1.807, 2.05) is 25.1 Å². The molecule has 3 rings (SSSR count). The normalized spacial score (nSPS) is 10.5. The Bertz CT molecular complexity index is 814. The fourth-order valence-electron chi connectivity index (χ4n) is 1.92. The smallest absolute Gasteiger partial charge is 0.163 e. The van der Waals surface area contributed by atoms with E-state index in [9.17, 15) is 0 Å². The highest BCUT2D eigenvalue weighted by atomic mass is 32.1. The van der Waals surface area contributed by atoms with E-state index in [-0.39, 0.29) is 0 Å². The largest absolute Gasteiger partial charge is 0.383 e. The van der Waals surface area contributed by atoms with Gasteiger partial charge in [-0.25, -0.2) is 9.97 Å². The number of hydrogen-bond acceptors (Lipinski definition) is 5. The van der Waals surface area contributed by atoms with Crippen LogP contribution in [0.3, 0.4) is 0 Å². The van der Waals surface area contributed by atoms with Crippen molar-refractivity contribution < 1.29 is 0 Å². The molecule has 0 aliphatic carbocycles. The second-order valence-corrected chi connectivity index (χ2v) is 5.44. The van der Waals surface area contributed by atoms with Crippen molar-refractivity contribution in [2.45, 2.75) is 6.92 Å². The number of aromatic nitrogens is 2. The molecule has 92 valence electrons. The average Bonchev–Trinajstić information content (AvgIpc) is 2.80. The Hall–Kier alpha value is -2.45. The molecular formula is C14H10N4S. The molecule has 0 spiro atoms. The van der Waals surface area contributed by atoms with Crippen molar-refractivity contribution in [3.63, 3.8) is 0 Å². The van der Waals surface area contributed by atoms with Gasteiger partial charge in [-0.3, -0.25) is 0 Å². The molecule has 0 amide bonds. The first-order valence-electron chi connectivity index (χ1n) is 5.71. The van der Waals surface area contributed by atoms with Gasteiger partial charge in [0, 0.05) is 10.4 Å². The van der Waals surface area contributed by atoms with Crippen molar-refractivity contribution in [3.8, 4) is 17.5 Å². The molecule has 0 radical (unpaired) electrons. The third-order valence-corrected chi connectivity index (χ3v) is 3.74. The van der Waals surface area contributed by atoms with Crippen LogP contribution in [-0.2, 0) is 0 Å². The molecule has 0 aliphatic rings. The van der Waals surface area contributed by atoms with Crippen LogP contribution in [0.4, 0.5) is 5.82 Å². The van der Waals surface area contributed by atoms with Gasteiger partial charge in [0.05, 0.1) is 17.0 Å². The topological polar surface area (TPSA) is 75.6 Å². The highest BCUT2D eigenvalue weighted by Gasteiger charge is 2.10. The van der Waals surface area contributed by atoms with E-state index in [1.54, 1.807) is 23.5 Å². The monoisotopic (exact) mass is 266 g/mol. The van der Waals surface area contributed by atoms with Crippen LogP contribution in [0.5, 0.6) is 0 Å². The second kappa shape index (κ2) is 4.34. The number of nitrogens with two attached hydrogens (primary N) is 1. The minimum absolute atomic E-state index is 0.478.